The van der Waals surface area contributed by atoms with Gasteiger partial charge in [-0.15, -0.1) is 11.3 Å². The molecular weight excluding hydrogens is 318 g/mol. The molecule has 6 heteroatoms. The molecular formula is C17H14F2N2OS. The molecule has 1 aromatic heterocycles. The Labute approximate surface area is 136 Å². The average molecular weight is 332 g/mol. The van der Waals surface area contributed by atoms with E-state index in [-0.39, 0.29) is 5.56 Å². The lowest BCUT2D eigenvalue weighted by Crippen LogP contribution is -2.24. The summed E-state index contributed by atoms with van der Waals surface area (Å²) in [5.41, 5.74) is 1.10. The molecule has 0 saturated heterocycles. The first-order chi connectivity index (χ1) is 11.1. The minimum atomic E-state index is -1.02. The number of benzene rings is 2. The molecule has 23 heavy (non-hydrogen) atoms. The molecule has 3 nitrogen and oxygen atoms in total. The van der Waals surface area contributed by atoms with Crippen LogP contribution in [0.5, 0.6) is 0 Å². The first kappa shape index (κ1) is 15.6. The molecule has 0 spiro atoms. The number of para-hydroxylation sites is 1. The van der Waals surface area contributed by atoms with Crippen molar-refractivity contribution in [2.45, 2.75) is 12.8 Å². The Morgan fingerprint density at radius 2 is 1.96 bits per heavy atom. The molecule has 0 aliphatic rings. The average Bonchev–Trinajstić information content (AvgIpc) is 2.96. The molecule has 118 valence electrons. The van der Waals surface area contributed by atoms with Gasteiger partial charge in [0.1, 0.15) is 0 Å². The van der Waals surface area contributed by atoms with E-state index in [1.807, 2.05) is 24.3 Å². The fraction of sp³-hybridized carbons (Fsp3) is 0.176. The van der Waals surface area contributed by atoms with Crippen LogP contribution in [0.25, 0.3) is 10.2 Å². The SMILES string of the molecule is O=C(NCCCc1nc2ccccc2s1)c1ccc(F)c(F)c1. The number of thiazole rings is 1. The van der Waals surface area contributed by atoms with Gasteiger partial charge in [-0.05, 0) is 36.8 Å². The van der Waals surface area contributed by atoms with Gasteiger partial charge in [0.25, 0.3) is 5.91 Å². The second-order valence-corrected chi connectivity index (χ2v) is 6.18. The molecule has 0 bridgehead atoms. The van der Waals surface area contributed by atoms with Crippen LogP contribution in [0.2, 0.25) is 0 Å². The van der Waals surface area contributed by atoms with Gasteiger partial charge >= 0.3 is 0 Å². The number of hydrogen-bond donors (Lipinski definition) is 1. The summed E-state index contributed by atoms with van der Waals surface area (Å²) in [6.07, 6.45) is 1.49. The highest BCUT2D eigenvalue weighted by Gasteiger charge is 2.09. The summed E-state index contributed by atoms with van der Waals surface area (Å²) >= 11 is 1.64. The van der Waals surface area contributed by atoms with Crippen molar-refractivity contribution in [2.24, 2.45) is 0 Å². The van der Waals surface area contributed by atoms with E-state index in [1.165, 1.54) is 6.07 Å². The van der Waals surface area contributed by atoms with Crippen LogP contribution < -0.4 is 5.32 Å². The minimum Gasteiger partial charge on any atom is -0.352 e. The highest BCUT2D eigenvalue weighted by Crippen LogP contribution is 2.22. The van der Waals surface area contributed by atoms with Crippen molar-refractivity contribution in [1.82, 2.24) is 10.3 Å². The molecule has 1 amide bonds. The van der Waals surface area contributed by atoms with Crippen molar-refractivity contribution in [3.63, 3.8) is 0 Å². The number of hydrogen-bond acceptors (Lipinski definition) is 3. The first-order valence-corrected chi connectivity index (χ1v) is 8.03. The third-order valence-corrected chi connectivity index (χ3v) is 4.47. The number of fused-ring (bicyclic) bond motifs is 1. The van der Waals surface area contributed by atoms with Crippen molar-refractivity contribution in [1.29, 1.82) is 0 Å². The number of aryl methyl sites for hydroxylation is 1. The van der Waals surface area contributed by atoms with Gasteiger partial charge in [0.15, 0.2) is 11.6 Å². The van der Waals surface area contributed by atoms with E-state index in [0.29, 0.717) is 6.54 Å². The normalized spacial score (nSPS) is 10.9. The molecule has 1 N–H and O–H groups in total. The van der Waals surface area contributed by atoms with E-state index < -0.39 is 17.5 Å². The molecule has 3 aromatic rings. The van der Waals surface area contributed by atoms with Crippen LogP contribution >= 0.6 is 11.3 Å². The summed E-state index contributed by atoms with van der Waals surface area (Å²) in [7, 11) is 0. The van der Waals surface area contributed by atoms with Gasteiger partial charge in [-0.3, -0.25) is 4.79 Å². The smallest absolute Gasteiger partial charge is 0.251 e. The molecule has 0 aliphatic heterocycles. The standard InChI is InChI=1S/C17H14F2N2OS/c18-12-8-7-11(10-13(12)19)17(22)20-9-3-6-16-21-14-4-1-2-5-15(14)23-16/h1-2,4-5,7-8,10H,3,6,9H2,(H,20,22). The van der Waals surface area contributed by atoms with Crippen LogP contribution in [0.3, 0.4) is 0 Å². The molecule has 0 aliphatic carbocycles. The summed E-state index contributed by atoms with van der Waals surface area (Å²) in [6, 6.07) is 11.0. The molecule has 1 heterocycles. The van der Waals surface area contributed by atoms with Crippen molar-refractivity contribution >= 4 is 27.5 Å². The first-order valence-electron chi connectivity index (χ1n) is 7.21. The zero-order chi connectivity index (χ0) is 16.2. The van der Waals surface area contributed by atoms with Crippen molar-refractivity contribution in [2.75, 3.05) is 6.54 Å². The van der Waals surface area contributed by atoms with E-state index >= 15 is 0 Å². The number of nitrogens with zero attached hydrogens (tertiary/aromatic N) is 1. The zero-order valence-corrected chi connectivity index (χ0v) is 13.0. The molecule has 0 saturated carbocycles. The van der Waals surface area contributed by atoms with Crippen LogP contribution in [0, 0.1) is 11.6 Å². The van der Waals surface area contributed by atoms with Gasteiger partial charge in [-0.2, -0.15) is 0 Å². The minimum absolute atomic E-state index is 0.115. The van der Waals surface area contributed by atoms with E-state index in [9.17, 15) is 13.6 Å². The summed E-state index contributed by atoms with van der Waals surface area (Å²) in [5.74, 6) is -2.39. The van der Waals surface area contributed by atoms with Crippen molar-refractivity contribution in [3.8, 4) is 0 Å². The fourth-order valence-electron chi connectivity index (χ4n) is 2.21. The molecule has 0 fully saturated rings. The molecule has 2 aromatic carbocycles. The zero-order valence-electron chi connectivity index (χ0n) is 12.2. The lowest BCUT2D eigenvalue weighted by atomic mass is 10.2. The number of carbonyl (C=O) groups excluding carboxylic acids is 1. The van der Waals surface area contributed by atoms with Gasteiger partial charge < -0.3 is 5.32 Å². The third-order valence-electron chi connectivity index (χ3n) is 3.37. The number of aromatic nitrogens is 1. The summed E-state index contributed by atoms with van der Waals surface area (Å²) < 4.78 is 27.1. The Bertz CT molecular complexity index is 814. The van der Waals surface area contributed by atoms with Gasteiger partial charge in [0, 0.05) is 18.5 Å². The van der Waals surface area contributed by atoms with Gasteiger partial charge in [0.05, 0.1) is 15.2 Å². The molecule has 0 atom stereocenters. The quantitative estimate of drug-likeness (QED) is 0.719. The van der Waals surface area contributed by atoms with E-state index in [2.05, 4.69) is 10.3 Å². The highest BCUT2D eigenvalue weighted by atomic mass is 32.1. The van der Waals surface area contributed by atoms with Crippen molar-refractivity contribution < 1.29 is 13.6 Å². The van der Waals surface area contributed by atoms with Gasteiger partial charge in [-0.25, -0.2) is 13.8 Å². The van der Waals surface area contributed by atoms with Crippen LogP contribution in [0.15, 0.2) is 42.5 Å². The summed E-state index contributed by atoms with van der Waals surface area (Å²) in [5, 5.41) is 3.72. The Balaban J connectivity index is 1.51. The third kappa shape index (κ3) is 3.71. The van der Waals surface area contributed by atoms with Crippen LogP contribution in [-0.4, -0.2) is 17.4 Å². The van der Waals surface area contributed by atoms with E-state index in [0.717, 1.165) is 40.2 Å². The maximum absolute atomic E-state index is 13.1. The molecule has 3 rings (SSSR count). The van der Waals surface area contributed by atoms with Gasteiger partial charge in [0.2, 0.25) is 0 Å². The van der Waals surface area contributed by atoms with Crippen LogP contribution in [0.1, 0.15) is 21.8 Å². The van der Waals surface area contributed by atoms with Crippen molar-refractivity contribution in [3.05, 3.63) is 64.7 Å². The summed E-state index contributed by atoms with van der Waals surface area (Å²) in [4.78, 5) is 16.4. The largest absolute Gasteiger partial charge is 0.352 e. The predicted octanol–water partition coefficient (Wildman–Crippen LogP) is 3.94. The Hall–Kier alpha value is -2.34. The number of halogens is 2. The van der Waals surface area contributed by atoms with E-state index in [1.54, 1.807) is 11.3 Å². The summed E-state index contributed by atoms with van der Waals surface area (Å²) in [6.45, 7) is 0.452. The number of nitrogens with one attached hydrogen (secondary N) is 1. The maximum atomic E-state index is 13.1. The van der Waals surface area contributed by atoms with Crippen LogP contribution in [-0.2, 0) is 6.42 Å². The second-order valence-electron chi connectivity index (χ2n) is 5.06. The van der Waals surface area contributed by atoms with Gasteiger partial charge in [-0.1, -0.05) is 12.1 Å². The number of rotatable bonds is 5. The highest BCUT2D eigenvalue weighted by molar-refractivity contribution is 7.18. The lowest BCUT2D eigenvalue weighted by molar-refractivity contribution is 0.0952. The molecule has 0 unspecified atom stereocenters. The Morgan fingerprint density at radius 1 is 1.13 bits per heavy atom. The number of amides is 1. The monoisotopic (exact) mass is 332 g/mol. The van der Waals surface area contributed by atoms with E-state index in [4.69, 9.17) is 0 Å². The Kier molecular flexibility index (Phi) is 4.62. The fourth-order valence-corrected chi connectivity index (χ4v) is 3.22. The second kappa shape index (κ2) is 6.83. The van der Waals surface area contributed by atoms with Crippen LogP contribution in [0.4, 0.5) is 8.78 Å². The predicted molar refractivity (Wildman–Crippen MR) is 86.6 cm³/mol. The lowest BCUT2D eigenvalue weighted by Gasteiger charge is -2.04. The maximum Gasteiger partial charge on any atom is 0.251 e. The molecule has 0 radical (unpaired) electrons. The Morgan fingerprint density at radius 3 is 2.74 bits per heavy atom. The topological polar surface area (TPSA) is 42.0 Å². The number of carbonyl (C=O) groups is 1.